The fourth-order valence-corrected chi connectivity index (χ4v) is 2.91. The van der Waals surface area contributed by atoms with Gasteiger partial charge in [0.15, 0.2) is 11.5 Å². The minimum absolute atomic E-state index is 0.0569. The van der Waals surface area contributed by atoms with Crippen LogP contribution in [0.1, 0.15) is 0 Å². The number of thioether (sulfide) groups is 1. The van der Waals surface area contributed by atoms with Crippen LogP contribution >= 0.6 is 23.4 Å². The summed E-state index contributed by atoms with van der Waals surface area (Å²) in [4.78, 5) is 12.7. The van der Waals surface area contributed by atoms with Gasteiger partial charge in [-0.3, -0.25) is 4.79 Å². The van der Waals surface area contributed by atoms with Crippen molar-refractivity contribution in [3.8, 4) is 11.5 Å². The van der Waals surface area contributed by atoms with Gasteiger partial charge in [-0.15, -0.1) is 11.8 Å². The Labute approximate surface area is 145 Å². The van der Waals surface area contributed by atoms with Crippen LogP contribution in [0, 0.1) is 0 Å². The number of hydrogen-bond donors (Lipinski definition) is 1. The minimum atomic E-state index is -0.0569. The zero-order valence-electron chi connectivity index (χ0n) is 12.8. The summed E-state index contributed by atoms with van der Waals surface area (Å²) in [5.41, 5.74) is 0. The fourth-order valence-electron chi connectivity index (χ4n) is 1.85. The van der Waals surface area contributed by atoms with Crippen molar-refractivity contribution in [1.29, 1.82) is 0 Å². The van der Waals surface area contributed by atoms with Gasteiger partial charge in [-0.1, -0.05) is 35.9 Å². The molecule has 0 saturated carbocycles. The van der Waals surface area contributed by atoms with E-state index in [0.29, 0.717) is 35.4 Å². The molecular weight excluding hydrogens is 334 g/mol. The molecule has 2 aromatic carbocycles. The van der Waals surface area contributed by atoms with Crippen LogP contribution in [-0.2, 0) is 4.79 Å². The largest absolute Gasteiger partial charge is 0.493 e. The first-order valence-corrected chi connectivity index (χ1v) is 8.47. The number of carbonyl (C=O) groups excluding carboxylic acids is 1. The van der Waals surface area contributed by atoms with Gasteiger partial charge in [0.25, 0.3) is 0 Å². The molecule has 0 saturated heterocycles. The van der Waals surface area contributed by atoms with Gasteiger partial charge in [0.05, 0.1) is 24.4 Å². The standard InChI is InChI=1S/C17H18ClNO3S/c1-21-14-7-3-4-8-15(14)22-11-10-19-17(20)12-23-16-9-5-2-6-13(16)18/h2-9H,10-12H2,1H3,(H,19,20). The lowest BCUT2D eigenvalue weighted by atomic mass is 10.3. The van der Waals surface area contributed by atoms with Crippen LogP contribution in [0.3, 0.4) is 0 Å². The lowest BCUT2D eigenvalue weighted by molar-refractivity contribution is -0.118. The highest BCUT2D eigenvalue weighted by Gasteiger charge is 2.06. The third-order valence-corrected chi connectivity index (χ3v) is 4.46. The van der Waals surface area contributed by atoms with E-state index in [1.54, 1.807) is 7.11 Å². The predicted octanol–water partition coefficient (Wildman–Crippen LogP) is 3.64. The molecule has 0 fully saturated rings. The summed E-state index contributed by atoms with van der Waals surface area (Å²) in [6, 6.07) is 14.9. The molecule has 0 aliphatic heterocycles. The molecule has 122 valence electrons. The number of rotatable bonds is 8. The van der Waals surface area contributed by atoms with E-state index in [2.05, 4.69) is 5.32 Å². The molecule has 0 aliphatic rings. The van der Waals surface area contributed by atoms with Crippen molar-refractivity contribution in [3.05, 3.63) is 53.6 Å². The summed E-state index contributed by atoms with van der Waals surface area (Å²) in [7, 11) is 1.59. The summed E-state index contributed by atoms with van der Waals surface area (Å²) in [5.74, 6) is 1.60. The minimum Gasteiger partial charge on any atom is -0.493 e. The number of halogens is 1. The first-order chi connectivity index (χ1) is 11.2. The topological polar surface area (TPSA) is 47.6 Å². The molecule has 0 atom stereocenters. The van der Waals surface area contributed by atoms with E-state index in [4.69, 9.17) is 21.1 Å². The first-order valence-electron chi connectivity index (χ1n) is 7.10. The number of ether oxygens (including phenoxy) is 2. The molecule has 0 radical (unpaired) electrons. The number of nitrogens with one attached hydrogen (secondary N) is 1. The average molecular weight is 352 g/mol. The van der Waals surface area contributed by atoms with Gasteiger partial charge in [-0.25, -0.2) is 0 Å². The number of para-hydroxylation sites is 2. The van der Waals surface area contributed by atoms with E-state index in [-0.39, 0.29) is 5.91 Å². The maximum absolute atomic E-state index is 11.8. The zero-order valence-corrected chi connectivity index (χ0v) is 14.3. The molecule has 6 heteroatoms. The summed E-state index contributed by atoms with van der Waals surface area (Å²) >= 11 is 7.46. The smallest absolute Gasteiger partial charge is 0.230 e. The van der Waals surface area contributed by atoms with Crippen molar-refractivity contribution in [2.45, 2.75) is 4.90 Å². The van der Waals surface area contributed by atoms with Crippen LogP contribution in [0.25, 0.3) is 0 Å². The van der Waals surface area contributed by atoms with Crippen LogP contribution in [0.15, 0.2) is 53.4 Å². The Hall–Kier alpha value is -1.85. The van der Waals surface area contributed by atoms with Crippen LogP contribution in [0.5, 0.6) is 11.5 Å². The molecule has 1 amide bonds. The maximum atomic E-state index is 11.8. The SMILES string of the molecule is COc1ccccc1OCCNC(=O)CSc1ccccc1Cl. The van der Waals surface area contributed by atoms with Gasteiger partial charge in [0, 0.05) is 4.90 Å². The predicted molar refractivity (Wildman–Crippen MR) is 93.7 cm³/mol. The van der Waals surface area contributed by atoms with E-state index in [1.807, 2.05) is 48.5 Å². The molecular formula is C17H18ClNO3S. The third kappa shape index (κ3) is 5.69. The van der Waals surface area contributed by atoms with Crippen molar-refractivity contribution in [2.24, 2.45) is 0 Å². The lowest BCUT2D eigenvalue weighted by Crippen LogP contribution is -2.29. The quantitative estimate of drug-likeness (QED) is 0.582. The van der Waals surface area contributed by atoms with Gasteiger partial charge in [0.1, 0.15) is 6.61 Å². The summed E-state index contributed by atoms with van der Waals surface area (Å²) in [5, 5.41) is 3.47. The molecule has 2 rings (SSSR count). The Bertz CT molecular complexity index is 651. The second kappa shape index (κ2) is 9.33. The Balaban J connectivity index is 1.68. The van der Waals surface area contributed by atoms with Crippen LogP contribution < -0.4 is 14.8 Å². The van der Waals surface area contributed by atoms with Crippen molar-refractivity contribution in [3.63, 3.8) is 0 Å². The van der Waals surface area contributed by atoms with E-state index in [1.165, 1.54) is 11.8 Å². The number of benzene rings is 2. The number of hydrogen-bond acceptors (Lipinski definition) is 4. The van der Waals surface area contributed by atoms with Crippen LogP contribution in [0.2, 0.25) is 5.02 Å². The van der Waals surface area contributed by atoms with Crippen molar-refractivity contribution >= 4 is 29.3 Å². The molecule has 0 spiro atoms. The van der Waals surface area contributed by atoms with Crippen molar-refractivity contribution in [1.82, 2.24) is 5.32 Å². The molecule has 2 aromatic rings. The molecule has 0 unspecified atom stereocenters. The Morgan fingerprint density at radius 3 is 2.57 bits per heavy atom. The Kier molecular flexibility index (Phi) is 7.10. The summed E-state index contributed by atoms with van der Waals surface area (Å²) in [6.45, 7) is 0.808. The summed E-state index contributed by atoms with van der Waals surface area (Å²) in [6.07, 6.45) is 0. The Morgan fingerprint density at radius 2 is 1.83 bits per heavy atom. The second-order valence-corrected chi connectivity index (χ2v) is 5.99. The van der Waals surface area contributed by atoms with Crippen LogP contribution in [-0.4, -0.2) is 31.9 Å². The molecule has 4 nitrogen and oxygen atoms in total. The molecule has 23 heavy (non-hydrogen) atoms. The number of methoxy groups -OCH3 is 1. The zero-order chi connectivity index (χ0) is 16.5. The van der Waals surface area contributed by atoms with E-state index in [0.717, 1.165) is 4.90 Å². The van der Waals surface area contributed by atoms with E-state index in [9.17, 15) is 4.79 Å². The van der Waals surface area contributed by atoms with E-state index >= 15 is 0 Å². The highest BCUT2D eigenvalue weighted by molar-refractivity contribution is 8.00. The molecule has 1 N–H and O–H groups in total. The van der Waals surface area contributed by atoms with Crippen molar-refractivity contribution < 1.29 is 14.3 Å². The normalized spacial score (nSPS) is 10.2. The Morgan fingerprint density at radius 1 is 1.13 bits per heavy atom. The number of carbonyl (C=O) groups is 1. The lowest BCUT2D eigenvalue weighted by Gasteiger charge is -2.11. The highest BCUT2D eigenvalue weighted by Crippen LogP contribution is 2.26. The van der Waals surface area contributed by atoms with Crippen molar-refractivity contribution in [2.75, 3.05) is 26.0 Å². The molecule has 0 aliphatic carbocycles. The van der Waals surface area contributed by atoms with Crippen LogP contribution in [0.4, 0.5) is 0 Å². The molecule has 0 heterocycles. The molecule has 0 aromatic heterocycles. The van der Waals surface area contributed by atoms with Gasteiger partial charge in [0.2, 0.25) is 5.91 Å². The first kappa shape index (κ1) is 17.5. The highest BCUT2D eigenvalue weighted by atomic mass is 35.5. The average Bonchev–Trinajstić information content (AvgIpc) is 2.58. The van der Waals surface area contributed by atoms with E-state index < -0.39 is 0 Å². The number of amides is 1. The van der Waals surface area contributed by atoms with Gasteiger partial charge < -0.3 is 14.8 Å². The third-order valence-electron chi connectivity index (χ3n) is 2.95. The molecule has 0 bridgehead atoms. The van der Waals surface area contributed by atoms with Gasteiger partial charge >= 0.3 is 0 Å². The monoisotopic (exact) mass is 351 g/mol. The fraction of sp³-hybridized carbons (Fsp3) is 0.235. The summed E-state index contributed by atoms with van der Waals surface area (Å²) < 4.78 is 10.8. The maximum Gasteiger partial charge on any atom is 0.230 e. The van der Waals surface area contributed by atoms with Gasteiger partial charge in [-0.2, -0.15) is 0 Å². The second-order valence-electron chi connectivity index (χ2n) is 4.57. The van der Waals surface area contributed by atoms with Gasteiger partial charge in [-0.05, 0) is 24.3 Å².